The molecule has 2 aromatic heterocycles. The number of nitrogens with zero attached hydrogens (tertiary/aromatic N) is 2. The van der Waals surface area contributed by atoms with Crippen molar-refractivity contribution in [1.29, 1.82) is 0 Å². The maximum absolute atomic E-state index is 6.10. The van der Waals surface area contributed by atoms with E-state index in [1.165, 1.54) is 16.9 Å². The summed E-state index contributed by atoms with van der Waals surface area (Å²) in [5.41, 5.74) is 2.21. The first-order chi connectivity index (χ1) is 9.56. The quantitative estimate of drug-likeness (QED) is 0.770. The highest BCUT2D eigenvalue weighted by Crippen LogP contribution is 2.37. The van der Waals surface area contributed by atoms with Crippen molar-refractivity contribution in [2.24, 2.45) is 0 Å². The van der Waals surface area contributed by atoms with Gasteiger partial charge in [0.15, 0.2) is 5.82 Å². The zero-order chi connectivity index (χ0) is 14.7. The highest BCUT2D eigenvalue weighted by Gasteiger charge is 2.14. The molecule has 0 atom stereocenters. The normalized spacial score (nSPS) is 10.8. The second-order valence-corrected chi connectivity index (χ2v) is 6.98. The molecule has 20 heavy (non-hydrogen) atoms. The number of nitrogens with one attached hydrogen (secondary N) is 1. The van der Waals surface area contributed by atoms with Gasteiger partial charge in [0.1, 0.15) is 10.2 Å². The predicted molar refractivity (Wildman–Crippen MR) is 91.0 cm³/mol. The first-order valence-corrected chi connectivity index (χ1v) is 8.62. The number of rotatable bonds is 5. The molecule has 0 bridgehead atoms. The first kappa shape index (κ1) is 15.7. The number of hydrogen-bond donors (Lipinski definition) is 1. The van der Waals surface area contributed by atoms with E-state index in [2.05, 4.69) is 45.1 Å². The van der Waals surface area contributed by atoms with Crippen LogP contribution in [0.5, 0.6) is 0 Å². The Hall–Kier alpha value is -0.650. The Balaban J connectivity index is 2.46. The van der Waals surface area contributed by atoms with Gasteiger partial charge in [0.25, 0.3) is 0 Å². The third kappa shape index (κ3) is 3.32. The Morgan fingerprint density at radius 3 is 2.65 bits per heavy atom. The van der Waals surface area contributed by atoms with E-state index in [4.69, 9.17) is 11.6 Å². The SMILES string of the molecule is CCCNc1nc(-c2cc(Br)c(Cl)s2)nc(C)c1CC. The van der Waals surface area contributed by atoms with Crippen molar-refractivity contribution in [3.8, 4) is 10.7 Å². The van der Waals surface area contributed by atoms with Crippen LogP contribution in [0.25, 0.3) is 10.7 Å². The monoisotopic (exact) mass is 373 g/mol. The number of thiophene rings is 1. The van der Waals surface area contributed by atoms with E-state index < -0.39 is 0 Å². The summed E-state index contributed by atoms with van der Waals surface area (Å²) in [6.07, 6.45) is 1.99. The van der Waals surface area contributed by atoms with Crippen LogP contribution < -0.4 is 5.32 Å². The smallest absolute Gasteiger partial charge is 0.171 e. The highest BCUT2D eigenvalue weighted by molar-refractivity contribution is 9.10. The molecule has 0 aliphatic heterocycles. The Morgan fingerprint density at radius 1 is 1.35 bits per heavy atom. The fourth-order valence-electron chi connectivity index (χ4n) is 1.98. The zero-order valence-corrected chi connectivity index (χ0v) is 14.9. The van der Waals surface area contributed by atoms with Gasteiger partial charge >= 0.3 is 0 Å². The van der Waals surface area contributed by atoms with Crippen molar-refractivity contribution < 1.29 is 0 Å². The zero-order valence-electron chi connectivity index (χ0n) is 11.8. The van der Waals surface area contributed by atoms with E-state index in [0.717, 1.165) is 50.4 Å². The first-order valence-electron chi connectivity index (χ1n) is 6.63. The molecule has 108 valence electrons. The van der Waals surface area contributed by atoms with Crippen LogP contribution in [-0.2, 0) is 6.42 Å². The molecule has 0 unspecified atom stereocenters. The van der Waals surface area contributed by atoms with Gasteiger partial charge in [-0.3, -0.25) is 0 Å². The minimum absolute atomic E-state index is 0.726. The summed E-state index contributed by atoms with van der Waals surface area (Å²) in [6, 6.07) is 1.97. The Morgan fingerprint density at radius 2 is 2.10 bits per heavy atom. The minimum Gasteiger partial charge on any atom is -0.370 e. The van der Waals surface area contributed by atoms with Gasteiger partial charge in [0.2, 0.25) is 0 Å². The van der Waals surface area contributed by atoms with E-state index in [1.807, 2.05) is 13.0 Å². The van der Waals surface area contributed by atoms with Gasteiger partial charge in [-0.05, 0) is 41.8 Å². The summed E-state index contributed by atoms with van der Waals surface area (Å²) in [7, 11) is 0. The van der Waals surface area contributed by atoms with E-state index in [-0.39, 0.29) is 0 Å². The lowest BCUT2D eigenvalue weighted by Gasteiger charge is -2.12. The number of halogens is 2. The third-order valence-electron chi connectivity index (χ3n) is 2.98. The van der Waals surface area contributed by atoms with Crippen molar-refractivity contribution in [2.45, 2.75) is 33.6 Å². The fourth-order valence-corrected chi connectivity index (χ4v) is 3.61. The summed E-state index contributed by atoms with van der Waals surface area (Å²) >= 11 is 11.0. The van der Waals surface area contributed by atoms with Crippen molar-refractivity contribution in [3.05, 3.63) is 26.1 Å². The summed E-state index contributed by atoms with van der Waals surface area (Å²) < 4.78 is 1.62. The second kappa shape index (κ2) is 6.87. The van der Waals surface area contributed by atoms with Gasteiger partial charge in [-0.15, -0.1) is 11.3 Å². The summed E-state index contributed by atoms with van der Waals surface area (Å²) in [5.74, 6) is 1.67. The molecule has 0 fully saturated rings. The molecule has 3 nitrogen and oxygen atoms in total. The molecule has 6 heteroatoms. The lowest BCUT2D eigenvalue weighted by molar-refractivity contribution is 0.939. The molecule has 0 saturated heterocycles. The number of anilines is 1. The van der Waals surface area contributed by atoms with Gasteiger partial charge in [-0.1, -0.05) is 25.4 Å². The Bertz CT molecular complexity index is 593. The Labute approximate surface area is 136 Å². The van der Waals surface area contributed by atoms with Crippen LogP contribution in [-0.4, -0.2) is 16.5 Å². The van der Waals surface area contributed by atoms with Crippen molar-refractivity contribution in [1.82, 2.24) is 9.97 Å². The molecule has 0 radical (unpaired) electrons. The lowest BCUT2D eigenvalue weighted by atomic mass is 10.1. The van der Waals surface area contributed by atoms with Gasteiger partial charge in [0.05, 0.1) is 4.88 Å². The summed E-state index contributed by atoms with van der Waals surface area (Å²) in [6.45, 7) is 7.22. The van der Waals surface area contributed by atoms with E-state index in [1.54, 1.807) is 0 Å². The molecular formula is C14H17BrClN3S. The molecule has 0 aliphatic rings. The van der Waals surface area contributed by atoms with E-state index in [0.29, 0.717) is 0 Å². The number of hydrogen-bond acceptors (Lipinski definition) is 4. The van der Waals surface area contributed by atoms with Crippen LogP contribution >= 0.6 is 38.9 Å². The topological polar surface area (TPSA) is 37.8 Å². The molecular weight excluding hydrogens is 358 g/mol. The summed E-state index contributed by atoms with van der Waals surface area (Å²) in [4.78, 5) is 10.3. The molecule has 1 N–H and O–H groups in total. The molecule has 0 amide bonds. The van der Waals surface area contributed by atoms with Crippen LogP contribution in [0.3, 0.4) is 0 Å². The predicted octanol–water partition coefficient (Wildman–Crippen LogP) is 5.31. The van der Waals surface area contributed by atoms with Crippen molar-refractivity contribution in [3.63, 3.8) is 0 Å². The molecule has 0 aliphatic carbocycles. The van der Waals surface area contributed by atoms with Gasteiger partial charge in [0, 0.05) is 22.3 Å². The second-order valence-electron chi connectivity index (χ2n) is 4.47. The van der Waals surface area contributed by atoms with Gasteiger partial charge in [-0.25, -0.2) is 9.97 Å². The van der Waals surface area contributed by atoms with E-state index >= 15 is 0 Å². The highest BCUT2D eigenvalue weighted by atomic mass is 79.9. The molecule has 2 rings (SSSR count). The fraction of sp³-hybridized carbons (Fsp3) is 0.429. The minimum atomic E-state index is 0.726. The summed E-state index contributed by atoms with van der Waals surface area (Å²) in [5, 5.41) is 3.40. The molecule has 0 aromatic carbocycles. The maximum atomic E-state index is 6.10. The van der Waals surface area contributed by atoms with Crippen LogP contribution in [0.2, 0.25) is 4.34 Å². The van der Waals surface area contributed by atoms with Crippen LogP contribution in [0, 0.1) is 6.92 Å². The number of aryl methyl sites for hydroxylation is 1. The molecule has 0 saturated carbocycles. The van der Waals surface area contributed by atoms with Gasteiger partial charge < -0.3 is 5.32 Å². The van der Waals surface area contributed by atoms with E-state index in [9.17, 15) is 0 Å². The Kier molecular flexibility index (Phi) is 5.41. The lowest BCUT2D eigenvalue weighted by Crippen LogP contribution is -2.08. The molecule has 2 heterocycles. The van der Waals surface area contributed by atoms with Crippen LogP contribution in [0.4, 0.5) is 5.82 Å². The van der Waals surface area contributed by atoms with Crippen molar-refractivity contribution in [2.75, 3.05) is 11.9 Å². The standard InChI is InChI=1S/C14H17BrClN3S/c1-4-6-17-13-9(5-2)8(3)18-14(19-13)11-7-10(15)12(16)20-11/h7H,4-6H2,1-3H3,(H,17,18,19). The maximum Gasteiger partial charge on any atom is 0.171 e. The largest absolute Gasteiger partial charge is 0.370 e. The third-order valence-corrected chi connectivity index (χ3v) is 5.45. The molecule has 0 spiro atoms. The van der Waals surface area contributed by atoms with Gasteiger partial charge in [-0.2, -0.15) is 0 Å². The number of aromatic nitrogens is 2. The average molecular weight is 375 g/mol. The van der Waals surface area contributed by atoms with Crippen molar-refractivity contribution >= 4 is 44.7 Å². The van der Waals surface area contributed by atoms with Crippen LogP contribution in [0.1, 0.15) is 31.5 Å². The van der Waals surface area contributed by atoms with Crippen LogP contribution in [0.15, 0.2) is 10.5 Å². The molecule has 2 aromatic rings. The average Bonchev–Trinajstić information content (AvgIpc) is 2.76.